The summed E-state index contributed by atoms with van der Waals surface area (Å²) in [4.78, 5) is 0. The second kappa shape index (κ2) is 18.4. The second-order valence-corrected chi connectivity index (χ2v) is 15.5. The van der Waals surface area contributed by atoms with Crippen LogP contribution in [0.5, 0.6) is 0 Å². The molecule has 4 aliphatic heterocycles. The zero-order valence-electron chi connectivity index (χ0n) is 26.9. The average molecular weight is 827 g/mol. The molecule has 312 valence electrons. The van der Waals surface area contributed by atoms with Crippen LogP contribution in [-0.2, 0) is 50.5 Å². The van der Waals surface area contributed by atoms with Crippen molar-refractivity contribution >= 4 is 15.6 Å². The minimum absolute atomic E-state index is 1.09. The third-order valence-corrected chi connectivity index (χ3v) is 12.0. The maximum Gasteiger partial charge on any atom is 0.488 e. The highest BCUT2D eigenvalue weighted by atomic mass is 31.3. The van der Waals surface area contributed by atoms with E-state index in [1.165, 1.54) is 0 Å². The van der Waals surface area contributed by atoms with Gasteiger partial charge in [-0.2, -0.15) is 4.31 Å². The number of aliphatic hydroxyl groups is 16. The Kier molecular flexibility index (Phi) is 15.7. The maximum absolute atomic E-state index is 14.5. The monoisotopic (exact) mass is 826 g/mol. The van der Waals surface area contributed by atoms with E-state index < -0.39 is 165 Å². The molecule has 4 aliphatic rings. The SMILES string of the molecule is O=P(O[C@H]1O[C@H](CO)[C@H](O)[C@H](O)[C@@H]1O)(O[C@H]1O[C@H](CO)[C@H](O)[C@H](O)[C@@H]1O)OP(=O)(O[C@H]1O[C@H](CO)[C@H](O)[C@H](O)[C@@H]1O)O[C@H]1O[C@H](CO)[C@H](O)[C@H](O)[C@@H]1O. The van der Waals surface area contributed by atoms with Gasteiger partial charge in [0.25, 0.3) is 0 Å². The summed E-state index contributed by atoms with van der Waals surface area (Å²) in [5, 5.41) is 162. The topological polar surface area (TPSA) is 441 Å². The minimum atomic E-state index is -6.22. The van der Waals surface area contributed by atoms with Gasteiger partial charge in [-0.15, -0.1) is 0 Å². The highest BCUT2D eigenvalue weighted by molar-refractivity contribution is 7.62. The van der Waals surface area contributed by atoms with E-state index in [-0.39, 0.29) is 0 Å². The molecule has 4 heterocycles. The van der Waals surface area contributed by atoms with Crippen molar-refractivity contribution < 1.29 is 132 Å². The predicted octanol–water partition coefficient (Wildman–Crippen LogP) is -9.51. The summed E-state index contributed by atoms with van der Waals surface area (Å²) in [5.74, 6) is 0. The quantitative estimate of drug-likeness (QED) is 0.0723. The van der Waals surface area contributed by atoms with Crippen molar-refractivity contribution in [1.82, 2.24) is 0 Å². The zero-order valence-corrected chi connectivity index (χ0v) is 28.7. The molecule has 0 unspecified atom stereocenters. The van der Waals surface area contributed by atoms with Crippen LogP contribution in [-0.4, -0.2) is 231 Å². The first-order valence-corrected chi connectivity index (χ1v) is 18.5. The Bertz CT molecular complexity index is 1080. The molecular formula is C24H44O27P2. The number of phosphoric ester groups is 2. The van der Waals surface area contributed by atoms with E-state index in [0.29, 0.717) is 0 Å². The molecule has 0 spiro atoms. The first-order chi connectivity index (χ1) is 24.7. The van der Waals surface area contributed by atoms with Crippen LogP contribution in [0.2, 0.25) is 0 Å². The third-order valence-electron chi connectivity index (χ3n) is 8.53. The van der Waals surface area contributed by atoms with Gasteiger partial charge in [0.1, 0.15) is 97.7 Å². The predicted molar refractivity (Wildman–Crippen MR) is 156 cm³/mol. The molecule has 16 N–H and O–H groups in total. The van der Waals surface area contributed by atoms with E-state index in [0.717, 1.165) is 0 Å². The zero-order chi connectivity index (χ0) is 39.7. The lowest BCUT2D eigenvalue weighted by Crippen LogP contribution is -2.60. The van der Waals surface area contributed by atoms with Crippen molar-refractivity contribution in [3.8, 4) is 0 Å². The maximum atomic E-state index is 14.5. The Morgan fingerprint density at radius 3 is 0.698 bits per heavy atom. The molecule has 27 nitrogen and oxygen atoms in total. The van der Waals surface area contributed by atoms with Crippen LogP contribution in [0.1, 0.15) is 0 Å². The Labute approximate surface area is 297 Å². The summed E-state index contributed by atoms with van der Waals surface area (Å²) in [5.41, 5.74) is 0. The van der Waals surface area contributed by atoms with Crippen LogP contribution in [0.15, 0.2) is 0 Å². The van der Waals surface area contributed by atoms with Gasteiger partial charge in [-0.1, -0.05) is 0 Å². The van der Waals surface area contributed by atoms with Crippen molar-refractivity contribution in [2.45, 2.75) is 123 Å². The summed E-state index contributed by atoms with van der Waals surface area (Å²) < 4.78 is 74.7. The van der Waals surface area contributed by atoms with Crippen molar-refractivity contribution in [2.75, 3.05) is 26.4 Å². The lowest BCUT2D eigenvalue weighted by Gasteiger charge is -2.44. The largest absolute Gasteiger partial charge is 0.488 e. The van der Waals surface area contributed by atoms with Gasteiger partial charge < -0.3 is 101 Å². The molecule has 0 radical (unpaired) electrons. The van der Waals surface area contributed by atoms with Crippen LogP contribution in [0, 0.1) is 0 Å². The second-order valence-electron chi connectivity index (χ2n) is 12.2. The van der Waals surface area contributed by atoms with Crippen LogP contribution in [0.25, 0.3) is 0 Å². The minimum Gasteiger partial charge on any atom is -0.394 e. The van der Waals surface area contributed by atoms with Gasteiger partial charge in [0, 0.05) is 0 Å². The molecule has 4 rings (SSSR count). The molecule has 29 heteroatoms. The third kappa shape index (κ3) is 9.78. The standard InChI is InChI=1S/C24H44O27P2/c25-1-5-9(29)13(33)17(37)21(43-5)47-52(41,48-22-18(38)14(34)10(30)6(2-26)44-22)51-53(42,49-23-19(39)15(35)11(31)7(3-27)45-23)50-24-20(40)16(36)12(32)8(4-28)46-24/h5-40H,1-4H2/t5-,6-,7-,8-,9+,10+,11+,12+,13+,14+,15+,16+,17+,18+,19+,20+,21-,22-,23-,24-/m1/s1. The normalized spacial score (nSPS) is 47.4. The highest BCUT2D eigenvalue weighted by Crippen LogP contribution is 2.69. The van der Waals surface area contributed by atoms with Crippen molar-refractivity contribution in [3.63, 3.8) is 0 Å². The van der Waals surface area contributed by atoms with Gasteiger partial charge in [0.15, 0.2) is 25.2 Å². The van der Waals surface area contributed by atoms with Crippen LogP contribution < -0.4 is 0 Å². The molecule has 0 aromatic carbocycles. The molecule has 0 saturated carbocycles. The number of ether oxygens (including phenoxy) is 4. The van der Waals surface area contributed by atoms with Gasteiger partial charge >= 0.3 is 15.6 Å². The lowest BCUT2D eigenvalue weighted by atomic mass is 9.99. The van der Waals surface area contributed by atoms with Gasteiger partial charge in [-0.3, -0.25) is 18.1 Å². The van der Waals surface area contributed by atoms with E-state index in [9.17, 15) is 90.8 Å². The molecular weight excluding hydrogens is 782 g/mol. The first kappa shape index (κ1) is 45.2. The number of aliphatic hydroxyl groups excluding tert-OH is 16. The van der Waals surface area contributed by atoms with Crippen LogP contribution in [0.4, 0.5) is 0 Å². The van der Waals surface area contributed by atoms with Gasteiger partial charge in [-0.05, 0) is 0 Å². The Balaban J connectivity index is 1.78. The van der Waals surface area contributed by atoms with Crippen molar-refractivity contribution in [3.05, 3.63) is 0 Å². The number of rotatable bonds is 14. The van der Waals surface area contributed by atoms with Crippen LogP contribution >= 0.6 is 15.6 Å². The Morgan fingerprint density at radius 1 is 0.340 bits per heavy atom. The van der Waals surface area contributed by atoms with E-state index in [1.807, 2.05) is 0 Å². The first-order valence-electron chi connectivity index (χ1n) is 15.6. The summed E-state index contributed by atoms with van der Waals surface area (Å²) in [6, 6.07) is 0. The van der Waals surface area contributed by atoms with Gasteiger partial charge in [0.05, 0.1) is 26.4 Å². The molecule has 0 bridgehead atoms. The molecule has 20 atom stereocenters. The summed E-state index contributed by atoms with van der Waals surface area (Å²) in [6.45, 7) is -4.38. The summed E-state index contributed by atoms with van der Waals surface area (Å²) in [7, 11) is -12.4. The molecule has 0 aromatic rings. The Hall–Kier alpha value is -0.540. The van der Waals surface area contributed by atoms with E-state index >= 15 is 0 Å². The number of hydrogen-bond donors (Lipinski definition) is 16. The Morgan fingerprint density at radius 2 is 0.528 bits per heavy atom. The molecule has 53 heavy (non-hydrogen) atoms. The summed E-state index contributed by atoms with van der Waals surface area (Å²) >= 11 is 0. The molecule has 4 fully saturated rings. The molecule has 0 aromatic heterocycles. The van der Waals surface area contributed by atoms with Crippen LogP contribution in [0.3, 0.4) is 0 Å². The number of phosphoric acid groups is 2. The van der Waals surface area contributed by atoms with Crippen molar-refractivity contribution in [1.29, 1.82) is 0 Å². The highest BCUT2D eigenvalue weighted by Gasteiger charge is 2.57. The molecule has 0 aliphatic carbocycles. The fourth-order valence-corrected chi connectivity index (χ4v) is 8.79. The van der Waals surface area contributed by atoms with E-state index in [2.05, 4.69) is 0 Å². The van der Waals surface area contributed by atoms with E-state index in [1.54, 1.807) is 0 Å². The summed E-state index contributed by atoms with van der Waals surface area (Å²) in [6.07, 6.45) is -44.3. The fraction of sp³-hybridized carbons (Fsp3) is 1.00. The van der Waals surface area contributed by atoms with Gasteiger partial charge in [0.2, 0.25) is 0 Å². The molecule has 4 saturated heterocycles. The van der Waals surface area contributed by atoms with Gasteiger partial charge in [-0.25, -0.2) is 9.13 Å². The van der Waals surface area contributed by atoms with Crippen molar-refractivity contribution in [2.24, 2.45) is 0 Å². The number of hydrogen-bond acceptors (Lipinski definition) is 27. The fourth-order valence-electron chi connectivity index (χ4n) is 5.38. The average Bonchev–Trinajstić information content (AvgIpc) is 3.12. The van der Waals surface area contributed by atoms with E-state index in [4.69, 9.17) is 41.4 Å². The smallest absolute Gasteiger partial charge is 0.394 e. The molecule has 0 amide bonds. The lowest BCUT2D eigenvalue weighted by molar-refractivity contribution is -0.300.